The van der Waals surface area contributed by atoms with Gasteiger partial charge >= 0.3 is 0 Å². The number of amides is 3. The average molecular weight is 529 g/mol. The summed E-state index contributed by atoms with van der Waals surface area (Å²) in [5.74, 6) is -0.165. The van der Waals surface area contributed by atoms with E-state index in [0.29, 0.717) is 61.4 Å². The Kier molecular flexibility index (Phi) is 6.99. The highest BCUT2D eigenvalue weighted by molar-refractivity contribution is 6.31. The summed E-state index contributed by atoms with van der Waals surface area (Å²) in [6, 6.07) is 13.1. The van der Waals surface area contributed by atoms with Crippen molar-refractivity contribution >= 4 is 46.6 Å². The van der Waals surface area contributed by atoms with Gasteiger partial charge in [-0.2, -0.15) is 0 Å². The van der Waals surface area contributed by atoms with E-state index in [4.69, 9.17) is 23.2 Å². The minimum absolute atomic E-state index is 0.0416. The molecule has 2 fully saturated rings. The molecule has 2 unspecified atom stereocenters. The molecule has 2 saturated heterocycles. The number of likely N-dealkylation sites (tertiary alicyclic amines) is 1. The lowest BCUT2D eigenvalue weighted by molar-refractivity contribution is -0.145. The van der Waals surface area contributed by atoms with E-state index < -0.39 is 5.54 Å². The molecule has 0 spiro atoms. The number of piperazine rings is 1. The molecule has 0 saturated carbocycles. The van der Waals surface area contributed by atoms with E-state index in [9.17, 15) is 14.4 Å². The van der Waals surface area contributed by atoms with Crippen molar-refractivity contribution in [2.24, 2.45) is 5.92 Å². The van der Waals surface area contributed by atoms with Crippen molar-refractivity contribution in [1.82, 2.24) is 14.7 Å². The summed E-state index contributed by atoms with van der Waals surface area (Å²) in [7, 11) is 0. The van der Waals surface area contributed by atoms with Crippen LogP contribution in [0.3, 0.4) is 0 Å². The van der Waals surface area contributed by atoms with Gasteiger partial charge in [-0.1, -0.05) is 41.4 Å². The van der Waals surface area contributed by atoms with Crippen molar-refractivity contribution in [3.8, 4) is 0 Å². The molecule has 3 aliphatic rings. The molecule has 3 aliphatic heterocycles. The normalized spacial score (nSPS) is 24.4. The smallest absolute Gasteiger partial charge is 0.249 e. The maximum absolute atomic E-state index is 13.8. The fourth-order valence-corrected chi connectivity index (χ4v) is 6.28. The van der Waals surface area contributed by atoms with Crippen molar-refractivity contribution in [3.63, 3.8) is 0 Å². The number of carbonyl (C=O) groups excluding carboxylic acids is 3. The predicted molar refractivity (Wildman–Crippen MR) is 140 cm³/mol. The van der Waals surface area contributed by atoms with E-state index in [1.807, 2.05) is 41.3 Å². The third kappa shape index (κ3) is 4.60. The highest BCUT2D eigenvalue weighted by Gasteiger charge is 2.52. The first kappa shape index (κ1) is 25.1. The topological polar surface area (TPSA) is 73.0 Å². The minimum Gasteiger partial charge on any atom is -0.339 e. The summed E-state index contributed by atoms with van der Waals surface area (Å²) in [5.41, 5.74) is 1.58. The molecule has 7 nitrogen and oxygen atoms in total. The first-order valence-electron chi connectivity index (χ1n) is 12.4. The van der Waals surface area contributed by atoms with Crippen LogP contribution in [-0.2, 0) is 26.3 Å². The quantitative estimate of drug-likeness (QED) is 0.655. The van der Waals surface area contributed by atoms with Gasteiger partial charge in [-0.05, 0) is 49.2 Å². The summed E-state index contributed by atoms with van der Waals surface area (Å²) in [6.45, 7) is 4.97. The third-order valence-corrected chi connectivity index (χ3v) is 8.22. The molecule has 2 aromatic rings. The third-order valence-electron chi connectivity index (χ3n) is 7.75. The number of benzene rings is 2. The van der Waals surface area contributed by atoms with Crippen LogP contribution < -0.4 is 5.32 Å². The van der Waals surface area contributed by atoms with E-state index in [0.717, 1.165) is 24.0 Å². The molecule has 0 bridgehead atoms. The molecule has 1 N–H and O–H groups in total. The molecule has 3 amide bonds. The predicted octanol–water partition coefficient (Wildman–Crippen LogP) is 3.79. The van der Waals surface area contributed by atoms with Gasteiger partial charge in [0.15, 0.2) is 0 Å². The number of rotatable bonds is 4. The average Bonchev–Trinajstić information content (AvgIpc) is 3.14. The van der Waals surface area contributed by atoms with Gasteiger partial charge in [0.1, 0.15) is 5.54 Å². The van der Waals surface area contributed by atoms with Crippen LogP contribution in [0.25, 0.3) is 0 Å². The first-order valence-corrected chi connectivity index (χ1v) is 13.2. The van der Waals surface area contributed by atoms with Crippen molar-refractivity contribution < 1.29 is 14.4 Å². The second-order valence-corrected chi connectivity index (χ2v) is 10.8. The summed E-state index contributed by atoms with van der Waals surface area (Å²) in [6.07, 6.45) is 2.04. The summed E-state index contributed by atoms with van der Waals surface area (Å²) in [5, 5.41) is 4.23. The Morgan fingerprint density at radius 3 is 2.44 bits per heavy atom. The summed E-state index contributed by atoms with van der Waals surface area (Å²) < 4.78 is 0. The van der Waals surface area contributed by atoms with Gasteiger partial charge < -0.3 is 15.1 Å². The first-order chi connectivity index (χ1) is 17.3. The molecule has 36 heavy (non-hydrogen) atoms. The monoisotopic (exact) mass is 528 g/mol. The van der Waals surface area contributed by atoms with Gasteiger partial charge in [-0.25, -0.2) is 0 Å². The zero-order valence-electron chi connectivity index (χ0n) is 20.3. The number of nitrogens with one attached hydrogen (secondary N) is 1. The van der Waals surface area contributed by atoms with Crippen LogP contribution >= 0.6 is 23.2 Å². The Morgan fingerprint density at radius 1 is 1.00 bits per heavy atom. The number of hydrogen-bond donors (Lipinski definition) is 1. The van der Waals surface area contributed by atoms with Crippen molar-refractivity contribution in [2.75, 3.05) is 44.6 Å². The number of fused-ring (bicyclic) bond motifs is 1. The number of piperidine rings is 1. The van der Waals surface area contributed by atoms with E-state index >= 15 is 0 Å². The Morgan fingerprint density at radius 2 is 1.72 bits per heavy atom. The minimum atomic E-state index is -0.961. The van der Waals surface area contributed by atoms with Crippen LogP contribution in [0.2, 0.25) is 10.0 Å². The van der Waals surface area contributed by atoms with Gasteiger partial charge in [0.2, 0.25) is 17.7 Å². The number of halogens is 2. The lowest BCUT2D eigenvalue weighted by atomic mass is 9.80. The maximum Gasteiger partial charge on any atom is 0.249 e. The van der Waals surface area contributed by atoms with E-state index in [1.165, 1.54) is 0 Å². The highest BCUT2D eigenvalue weighted by atomic mass is 35.5. The Labute approximate surface area is 221 Å². The van der Waals surface area contributed by atoms with Crippen LogP contribution in [0.15, 0.2) is 42.5 Å². The summed E-state index contributed by atoms with van der Waals surface area (Å²) >= 11 is 12.5. The van der Waals surface area contributed by atoms with E-state index in [2.05, 4.69) is 10.2 Å². The molecule has 0 aromatic heterocycles. The van der Waals surface area contributed by atoms with Gasteiger partial charge in [0.05, 0.1) is 5.92 Å². The fourth-order valence-electron chi connectivity index (χ4n) is 5.90. The molecule has 3 heterocycles. The lowest BCUT2D eigenvalue weighted by Crippen LogP contribution is -2.58. The molecule has 5 rings (SSSR count). The van der Waals surface area contributed by atoms with Crippen LogP contribution in [0.4, 0.5) is 5.69 Å². The molecule has 9 heteroatoms. The second-order valence-electron chi connectivity index (χ2n) is 9.93. The number of carbonyl (C=O) groups is 3. The molecular formula is C27H30Cl2N4O3. The summed E-state index contributed by atoms with van der Waals surface area (Å²) in [4.78, 5) is 44.8. The molecule has 2 atom stereocenters. The van der Waals surface area contributed by atoms with E-state index in [1.54, 1.807) is 17.9 Å². The lowest BCUT2D eigenvalue weighted by Gasteiger charge is -2.45. The zero-order chi connectivity index (χ0) is 25.4. The van der Waals surface area contributed by atoms with E-state index in [-0.39, 0.29) is 23.6 Å². The van der Waals surface area contributed by atoms with Crippen LogP contribution in [0, 0.1) is 5.92 Å². The van der Waals surface area contributed by atoms with Gasteiger partial charge in [0.25, 0.3) is 0 Å². The largest absolute Gasteiger partial charge is 0.339 e. The Balaban J connectivity index is 1.44. The van der Waals surface area contributed by atoms with Crippen molar-refractivity contribution in [3.05, 3.63) is 63.6 Å². The van der Waals surface area contributed by atoms with Crippen molar-refractivity contribution in [2.45, 2.75) is 31.7 Å². The Hall–Kier alpha value is -2.61. The molecule has 0 radical (unpaired) electrons. The molecular weight excluding hydrogens is 499 g/mol. The number of hydrogen-bond acceptors (Lipinski definition) is 4. The second kappa shape index (κ2) is 10.0. The fraction of sp³-hybridized carbons (Fsp3) is 0.444. The zero-order valence-corrected chi connectivity index (χ0v) is 21.8. The highest BCUT2D eigenvalue weighted by Crippen LogP contribution is 2.45. The Bertz CT molecular complexity index is 1200. The molecule has 0 aliphatic carbocycles. The SMILES string of the molecule is CC(=O)N1CCN(C(=O)C2CCCN(C3(Cc4cccc(Cl)c4)C(=O)Nc4cc(Cl)ccc43)C2)CC1. The standard InChI is InChI=1S/C27H30Cl2N4O3/c1-18(34)31-10-12-32(13-11-31)25(35)20-5-3-9-33(17-20)27(16-19-4-2-6-21(28)14-19)23-8-7-22(29)15-24(23)30-26(27)36/h2,4,6-8,14-15,20H,3,5,9-13,16-17H2,1H3,(H,30,36). The molecule has 190 valence electrons. The van der Waals surface area contributed by atoms with Gasteiger partial charge in [0, 0.05) is 67.4 Å². The van der Waals surface area contributed by atoms with Gasteiger partial charge in [-0.3, -0.25) is 19.3 Å². The van der Waals surface area contributed by atoms with Crippen molar-refractivity contribution in [1.29, 1.82) is 0 Å². The van der Waals surface area contributed by atoms with Crippen LogP contribution in [0.5, 0.6) is 0 Å². The number of anilines is 1. The van der Waals surface area contributed by atoms with Crippen LogP contribution in [-0.4, -0.2) is 71.7 Å². The van der Waals surface area contributed by atoms with Crippen LogP contribution in [0.1, 0.15) is 30.9 Å². The number of nitrogens with zero attached hydrogens (tertiary/aromatic N) is 3. The maximum atomic E-state index is 13.8. The molecule has 2 aromatic carbocycles. The van der Waals surface area contributed by atoms with Gasteiger partial charge in [-0.15, -0.1) is 0 Å².